The minimum absolute atomic E-state index is 0.163. The molecule has 1 saturated heterocycles. The number of ether oxygens (including phenoxy) is 1. The molecule has 2 aromatic rings. The van der Waals surface area contributed by atoms with Crippen LogP contribution in [-0.2, 0) is 16.6 Å². The average molecular weight is 346 g/mol. The van der Waals surface area contributed by atoms with E-state index in [1.165, 1.54) is 0 Å². The Labute approximate surface area is 146 Å². The van der Waals surface area contributed by atoms with Gasteiger partial charge in [-0.3, -0.25) is 4.79 Å². The summed E-state index contributed by atoms with van der Waals surface area (Å²) in [4.78, 5) is 14.2. The Kier molecular flexibility index (Phi) is 5.52. The predicted molar refractivity (Wildman–Crippen MR) is 93.8 cm³/mol. The SMILES string of the molecule is CC1COCCN1C(=O)CCSc1nnc(-c2ccccc2)n1C. The monoisotopic (exact) mass is 346 g/mol. The smallest absolute Gasteiger partial charge is 0.223 e. The molecule has 6 nitrogen and oxygen atoms in total. The molecule has 0 radical (unpaired) electrons. The van der Waals surface area contributed by atoms with Crippen molar-refractivity contribution in [3.05, 3.63) is 30.3 Å². The summed E-state index contributed by atoms with van der Waals surface area (Å²) in [6, 6.07) is 10.1. The van der Waals surface area contributed by atoms with Gasteiger partial charge in [-0.25, -0.2) is 0 Å². The molecular formula is C17H22N4O2S. The van der Waals surface area contributed by atoms with Crippen molar-refractivity contribution in [1.82, 2.24) is 19.7 Å². The van der Waals surface area contributed by atoms with E-state index in [-0.39, 0.29) is 11.9 Å². The number of thioether (sulfide) groups is 1. The molecule has 1 aliphatic rings. The van der Waals surface area contributed by atoms with Crippen molar-refractivity contribution in [3.8, 4) is 11.4 Å². The van der Waals surface area contributed by atoms with Crippen LogP contribution in [0.15, 0.2) is 35.5 Å². The van der Waals surface area contributed by atoms with Gasteiger partial charge >= 0.3 is 0 Å². The van der Waals surface area contributed by atoms with Crippen LogP contribution in [0.4, 0.5) is 0 Å². The van der Waals surface area contributed by atoms with Crippen molar-refractivity contribution < 1.29 is 9.53 Å². The zero-order valence-electron chi connectivity index (χ0n) is 14.0. The van der Waals surface area contributed by atoms with E-state index in [4.69, 9.17) is 4.74 Å². The van der Waals surface area contributed by atoms with Crippen LogP contribution < -0.4 is 0 Å². The van der Waals surface area contributed by atoms with E-state index < -0.39 is 0 Å². The van der Waals surface area contributed by atoms with Gasteiger partial charge in [0.25, 0.3) is 0 Å². The zero-order valence-corrected chi connectivity index (χ0v) is 14.8. The van der Waals surface area contributed by atoms with E-state index >= 15 is 0 Å². The van der Waals surface area contributed by atoms with Gasteiger partial charge in [-0.2, -0.15) is 0 Å². The van der Waals surface area contributed by atoms with Crippen molar-refractivity contribution in [2.24, 2.45) is 7.05 Å². The number of amides is 1. The van der Waals surface area contributed by atoms with E-state index in [0.29, 0.717) is 31.9 Å². The van der Waals surface area contributed by atoms with Crippen molar-refractivity contribution in [2.45, 2.75) is 24.5 Å². The van der Waals surface area contributed by atoms with Gasteiger partial charge in [0, 0.05) is 31.3 Å². The van der Waals surface area contributed by atoms with Crippen LogP contribution in [0.5, 0.6) is 0 Å². The first-order valence-electron chi connectivity index (χ1n) is 8.11. The van der Waals surface area contributed by atoms with Crippen molar-refractivity contribution >= 4 is 17.7 Å². The highest BCUT2D eigenvalue weighted by Gasteiger charge is 2.23. The topological polar surface area (TPSA) is 60.2 Å². The molecule has 1 fully saturated rings. The second-order valence-electron chi connectivity index (χ2n) is 5.84. The van der Waals surface area contributed by atoms with Crippen LogP contribution in [0.2, 0.25) is 0 Å². The summed E-state index contributed by atoms with van der Waals surface area (Å²) in [6.45, 7) is 3.97. The van der Waals surface area contributed by atoms with E-state index in [2.05, 4.69) is 10.2 Å². The Bertz CT molecular complexity index is 689. The fourth-order valence-corrected chi connectivity index (χ4v) is 3.59. The first kappa shape index (κ1) is 17.0. The lowest BCUT2D eigenvalue weighted by Gasteiger charge is -2.33. The van der Waals surface area contributed by atoms with Crippen LogP contribution in [0, 0.1) is 0 Å². The number of aromatic nitrogens is 3. The molecule has 128 valence electrons. The lowest BCUT2D eigenvalue weighted by Crippen LogP contribution is -2.47. The molecule has 1 aromatic carbocycles. The quantitative estimate of drug-likeness (QED) is 0.777. The third-order valence-corrected chi connectivity index (χ3v) is 5.12. The van der Waals surface area contributed by atoms with Gasteiger partial charge in [0.05, 0.1) is 19.3 Å². The summed E-state index contributed by atoms with van der Waals surface area (Å²) >= 11 is 1.57. The number of nitrogens with zero attached hydrogens (tertiary/aromatic N) is 4. The average Bonchev–Trinajstić information content (AvgIpc) is 2.97. The number of hydrogen-bond acceptors (Lipinski definition) is 5. The first-order chi connectivity index (χ1) is 11.7. The number of carbonyl (C=O) groups is 1. The fraction of sp³-hybridized carbons (Fsp3) is 0.471. The van der Waals surface area contributed by atoms with Gasteiger partial charge in [0.2, 0.25) is 5.91 Å². The summed E-state index contributed by atoms with van der Waals surface area (Å²) < 4.78 is 7.35. The Morgan fingerprint density at radius 1 is 1.33 bits per heavy atom. The molecule has 1 aromatic heterocycles. The zero-order chi connectivity index (χ0) is 16.9. The maximum Gasteiger partial charge on any atom is 0.223 e. The normalized spacial score (nSPS) is 17.9. The maximum atomic E-state index is 12.3. The highest BCUT2D eigenvalue weighted by Crippen LogP contribution is 2.23. The Balaban J connectivity index is 1.56. The van der Waals surface area contributed by atoms with Crippen LogP contribution in [0.25, 0.3) is 11.4 Å². The van der Waals surface area contributed by atoms with Crippen LogP contribution in [0.1, 0.15) is 13.3 Å². The molecule has 2 heterocycles. The maximum absolute atomic E-state index is 12.3. The third-order valence-electron chi connectivity index (χ3n) is 4.10. The molecule has 24 heavy (non-hydrogen) atoms. The van der Waals surface area contributed by atoms with Gasteiger partial charge in [0.1, 0.15) is 0 Å². The second kappa shape index (κ2) is 7.81. The van der Waals surface area contributed by atoms with Crippen molar-refractivity contribution in [3.63, 3.8) is 0 Å². The molecule has 1 atom stereocenters. The minimum Gasteiger partial charge on any atom is -0.377 e. The predicted octanol–water partition coefficient (Wildman–Crippen LogP) is 2.21. The lowest BCUT2D eigenvalue weighted by molar-refractivity contribution is -0.138. The van der Waals surface area contributed by atoms with Crippen molar-refractivity contribution in [1.29, 1.82) is 0 Å². The number of rotatable bonds is 5. The van der Waals surface area contributed by atoms with Gasteiger partial charge in [-0.15, -0.1) is 10.2 Å². The standard InChI is InChI=1S/C17H22N4O2S/c1-13-12-23-10-9-21(13)15(22)8-11-24-17-19-18-16(20(17)2)14-6-4-3-5-7-14/h3-7,13H,8-12H2,1-2H3. The molecule has 0 N–H and O–H groups in total. The number of carbonyl (C=O) groups excluding carboxylic acids is 1. The summed E-state index contributed by atoms with van der Waals surface area (Å²) in [5.74, 6) is 1.72. The minimum atomic E-state index is 0.163. The van der Waals surface area contributed by atoms with Gasteiger partial charge in [-0.05, 0) is 6.92 Å². The van der Waals surface area contributed by atoms with Crippen LogP contribution >= 0.6 is 11.8 Å². The summed E-state index contributed by atoms with van der Waals surface area (Å²) in [6.07, 6.45) is 0.503. The van der Waals surface area contributed by atoms with Crippen molar-refractivity contribution in [2.75, 3.05) is 25.5 Å². The van der Waals surface area contributed by atoms with Gasteiger partial charge < -0.3 is 14.2 Å². The van der Waals surface area contributed by atoms with E-state index in [0.717, 1.165) is 16.5 Å². The molecule has 0 bridgehead atoms. The van der Waals surface area contributed by atoms with E-state index in [1.54, 1.807) is 11.8 Å². The first-order valence-corrected chi connectivity index (χ1v) is 9.10. The van der Waals surface area contributed by atoms with Gasteiger partial charge in [-0.1, -0.05) is 42.1 Å². The van der Waals surface area contributed by atoms with E-state index in [1.807, 2.05) is 53.8 Å². The summed E-state index contributed by atoms with van der Waals surface area (Å²) in [5.41, 5.74) is 1.04. The molecule has 0 saturated carbocycles. The molecule has 1 unspecified atom stereocenters. The van der Waals surface area contributed by atoms with Gasteiger partial charge in [0.15, 0.2) is 11.0 Å². The largest absolute Gasteiger partial charge is 0.377 e. The molecule has 3 rings (SSSR count). The molecular weight excluding hydrogens is 324 g/mol. The molecule has 7 heteroatoms. The molecule has 0 spiro atoms. The highest BCUT2D eigenvalue weighted by atomic mass is 32.2. The lowest BCUT2D eigenvalue weighted by atomic mass is 10.2. The second-order valence-corrected chi connectivity index (χ2v) is 6.90. The summed E-state index contributed by atoms with van der Waals surface area (Å²) in [7, 11) is 1.95. The number of hydrogen-bond donors (Lipinski definition) is 0. The Morgan fingerprint density at radius 3 is 2.88 bits per heavy atom. The Hall–Kier alpha value is -1.86. The van der Waals surface area contributed by atoms with Crippen LogP contribution in [-0.4, -0.2) is 57.1 Å². The number of morpholine rings is 1. The Morgan fingerprint density at radius 2 is 2.12 bits per heavy atom. The highest BCUT2D eigenvalue weighted by molar-refractivity contribution is 7.99. The molecule has 1 amide bonds. The van der Waals surface area contributed by atoms with Crippen LogP contribution in [0.3, 0.4) is 0 Å². The summed E-state index contributed by atoms with van der Waals surface area (Å²) in [5, 5.41) is 9.34. The molecule has 0 aliphatic carbocycles. The number of benzene rings is 1. The van der Waals surface area contributed by atoms with E-state index in [9.17, 15) is 4.79 Å². The molecule has 1 aliphatic heterocycles. The fourth-order valence-electron chi connectivity index (χ4n) is 2.75. The third kappa shape index (κ3) is 3.79.